The summed E-state index contributed by atoms with van der Waals surface area (Å²) in [5.74, 6) is 0.976. The van der Waals surface area contributed by atoms with Crippen LogP contribution in [-0.4, -0.2) is 27.4 Å². The Kier molecular flexibility index (Phi) is 7.66. The van der Waals surface area contributed by atoms with Crippen molar-refractivity contribution in [2.45, 2.75) is 12.8 Å². The molecule has 2 N–H and O–H groups in total. The molecule has 0 unspecified atom stereocenters. The van der Waals surface area contributed by atoms with Gasteiger partial charge in [0.2, 0.25) is 0 Å². The van der Waals surface area contributed by atoms with Gasteiger partial charge in [0, 0.05) is 29.0 Å². The molecule has 1 rings (SSSR count). The van der Waals surface area contributed by atoms with Crippen LogP contribution < -0.4 is 5.73 Å². The molecule has 1 aromatic rings. The maximum Gasteiger partial charge on any atom is 0.180 e. The summed E-state index contributed by atoms with van der Waals surface area (Å²) >= 11 is 4.91. The number of nitrogens with zero attached hydrogens (tertiary/aromatic N) is 3. The third kappa shape index (κ3) is 7.12. The zero-order valence-corrected chi connectivity index (χ0v) is 11.8. The zero-order chi connectivity index (χ0) is 12.3. The smallest absolute Gasteiger partial charge is 0.180 e. The van der Waals surface area contributed by atoms with Gasteiger partial charge in [-0.05, 0) is 18.9 Å². The monoisotopic (exact) mass is 314 g/mol. The summed E-state index contributed by atoms with van der Waals surface area (Å²) in [6.07, 6.45) is 7.35. The lowest BCUT2D eigenvalue weighted by Gasteiger charge is -1.97. The lowest BCUT2D eigenvalue weighted by atomic mass is 10.3. The molecule has 1 aromatic heterocycles. The largest absolute Gasteiger partial charge is 0.377 e. The lowest BCUT2D eigenvalue weighted by Crippen LogP contribution is -2.06. The molecule has 0 aliphatic rings. The number of alkyl halides is 1. The van der Waals surface area contributed by atoms with E-state index in [9.17, 15) is 0 Å². The highest BCUT2D eigenvalue weighted by Gasteiger charge is 1.93. The van der Waals surface area contributed by atoms with Crippen molar-refractivity contribution >= 4 is 39.1 Å². The number of hydrogen-bond acceptors (Lipinski definition) is 4. The van der Waals surface area contributed by atoms with Crippen molar-refractivity contribution in [3.8, 4) is 0 Å². The predicted octanol–water partition coefficient (Wildman–Crippen LogP) is 2.64. The van der Waals surface area contributed by atoms with Crippen LogP contribution in [0.25, 0.3) is 0 Å². The first-order valence-corrected chi connectivity index (χ1v) is 7.39. The highest BCUT2D eigenvalue weighted by Crippen LogP contribution is 2.05. The van der Waals surface area contributed by atoms with E-state index in [0.29, 0.717) is 5.17 Å². The van der Waals surface area contributed by atoms with Gasteiger partial charge in [0.15, 0.2) is 5.17 Å². The summed E-state index contributed by atoms with van der Waals surface area (Å²) in [7, 11) is 0. The number of amidine groups is 1. The van der Waals surface area contributed by atoms with Gasteiger partial charge in [0.05, 0.1) is 6.21 Å². The van der Waals surface area contributed by atoms with Crippen LogP contribution in [0.2, 0.25) is 0 Å². The highest BCUT2D eigenvalue weighted by molar-refractivity contribution is 9.09. The fourth-order valence-electron chi connectivity index (χ4n) is 1.01. The number of pyridine rings is 1. The second-order valence-electron chi connectivity index (χ2n) is 3.21. The van der Waals surface area contributed by atoms with Crippen LogP contribution in [0.3, 0.4) is 0 Å². The second kappa shape index (κ2) is 9.18. The summed E-state index contributed by atoms with van der Waals surface area (Å²) in [5.41, 5.74) is 6.60. The molecule has 92 valence electrons. The van der Waals surface area contributed by atoms with E-state index in [4.69, 9.17) is 5.73 Å². The topological polar surface area (TPSA) is 63.6 Å². The Balaban J connectivity index is 2.30. The van der Waals surface area contributed by atoms with E-state index in [-0.39, 0.29) is 0 Å². The molecule has 4 nitrogen and oxygen atoms in total. The molecule has 17 heavy (non-hydrogen) atoms. The summed E-state index contributed by atoms with van der Waals surface area (Å²) in [4.78, 5) is 3.97. The van der Waals surface area contributed by atoms with Gasteiger partial charge in [-0.15, -0.1) is 5.10 Å². The minimum atomic E-state index is 0.500. The second-order valence-corrected chi connectivity index (χ2v) is 5.12. The molecule has 1 heterocycles. The third-order valence-corrected chi connectivity index (χ3v) is 3.26. The Labute approximate surface area is 114 Å². The Hall–Kier alpha value is -0.880. The molecule has 0 aliphatic carbocycles. The summed E-state index contributed by atoms with van der Waals surface area (Å²) < 4.78 is 0. The number of rotatable bonds is 6. The lowest BCUT2D eigenvalue weighted by molar-refractivity contribution is 0.915. The molecule has 0 amide bonds. The molecule has 0 saturated heterocycles. The molecule has 0 atom stereocenters. The van der Waals surface area contributed by atoms with Gasteiger partial charge in [0.25, 0.3) is 0 Å². The third-order valence-electron chi connectivity index (χ3n) is 1.83. The molecule has 0 fully saturated rings. The van der Waals surface area contributed by atoms with Crippen LogP contribution in [0.1, 0.15) is 18.4 Å². The average molecular weight is 315 g/mol. The van der Waals surface area contributed by atoms with Gasteiger partial charge < -0.3 is 5.73 Å². The van der Waals surface area contributed by atoms with Crippen molar-refractivity contribution < 1.29 is 0 Å². The Bertz CT molecular complexity index is 367. The number of aromatic nitrogens is 1. The molecule has 0 aliphatic heterocycles. The van der Waals surface area contributed by atoms with E-state index in [0.717, 1.165) is 29.5 Å². The standard InChI is InChI=1S/C11H15BrN4S/c12-5-1-2-7-17-11(13)16-15-9-10-4-3-6-14-8-10/h3-4,6,8-9H,1-2,5,7H2,(H2,13,16). The first kappa shape index (κ1) is 14.2. The summed E-state index contributed by atoms with van der Waals surface area (Å²) in [6.45, 7) is 0. The summed E-state index contributed by atoms with van der Waals surface area (Å²) in [5, 5.41) is 9.34. The quantitative estimate of drug-likeness (QED) is 0.289. The van der Waals surface area contributed by atoms with Gasteiger partial charge in [-0.3, -0.25) is 4.98 Å². The number of halogens is 1. The molecule has 0 radical (unpaired) electrons. The van der Waals surface area contributed by atoms with Crippen LogP contribution in [0.15, 0.2) is 34.7 Å². The van der Waals surface area contributed by atoms with Crippen LogP contribution >= 0.6 is 27.7 Å². The van der Waals surface area contributed by atoms with E-state index in [1.165, 1.54) is 11.8 Å². The first-order valence-electron chi connectivity index (χ1n) is 5.28. The maximum absolute atomic E-state index is 5.69. The Morgan fingerprint density at radius 1 is 1.53 bits per heavy atom. The van der Waals surface area contributed by atoms with Gasteiger partial charge in [-0.2, -0.15) is 5.10 Å². The fourth-order valence-corrected chi connectivity index (χ4v) is 2.07. The van der Waals surface area contributed by atoms with Crippen molar-refractivity contribution in [3.63, 3.8) is 0 Å². The molecular formula is C11H15BrN4S. The van der Waals surface area contributed by atoms with E-state index < -0.39 is 0 Å². The highest BCUT2D eigenvalue weighted by atomic mass is 79.9. The van der Waals surface area contributed by atoms with Gasteiger partial charge in [0.1, 0.15) is 0 Å². The minimum Gasteiger partial charge on any atom is -0.377 e. The maximum atomic E-state index is 5.69. The summed E-state index contributed by atoms with van der Waals surface area (Å²) in [6, 6.07) is 3.76. The molecule has 0 bridgehead atoms. The number of nitrogens with two attached hydrogens (primary N) is 1. The molecule has 0 aromatic carbocycles. The van der Waals surface area contributed by atoms with Crippen molar-refractivity contribution in [1.29, 1.82) is 0 Å². The Morgan fingerprint density at radius 2 is 2.41 bits per heavy atom. The van der Waals surface area contributed by atoms with Crippen molar-refractivity contribution in [2.24, 2.45) is 15.9 Å². The van der Waals surface area contributed by atoms with Gasteiger partial charge >= 0.3 is 0 Å². The first-order chi connectivity index (χ1) is 8.33. The van der Waals surface area contributed by atoms with Crippen molar-refractivity contribution in [3.05, 3.63) is 30.1 Å². The predicted molar refractivity (Wildman–Crippen MR) is 78.9 cm³/mol. The van der Waals surface area contributed by atoms with Gasteiger partial charge in [-0.25, -0.2) is 0 Å². The van der Waals surface area contributed by atoms with Crippen LogP contribution in [0, 0.1) is 0 Å². The average Bonchev–Trinajstić information content (AvgIpc) is 2.36. The molecule has 0 spiro atoms. The number of thioether (sulfide) groups is 1. The molecule has 0 saturated carbocycles. The number of unbranched alkanes of at least 4 members (excludes halogenated alkanes) is 1. The number of hydrogen-bond donors (Lipinski definition) is 1. The van der Waals surface area contributed by atoms with E-state index in [1.54, 1.807) is 18.6 Å². The van der Waals surface area contributed by atoms with E-state index in [1.807, 2.05) is 12.1 Å². The minimum absolute atomic E-state index is 0.500. The SMILES string of the molecule is NC(=NN=Cc1cccnc1)SCCCCBr. The normalized spacial score (nSPS) is 12.2. The van der Waals surface area contributed by atoms with Crippen molar-refractivity contribution in [2.75, 3.05) is 11.1 Å². The van der Waals surface area contributed by atoms with Crippen molar-refractivity contribution in [1.82, 2.24) is 4.98 Å². The van der Waals surface area contributed by atoms with Gasteiger partial charge in [-0.1, -0.05) is 33.8 Å². The van der Waals surface area contributed by atoms with E-state index in [2.05, 4.69) is 31.1 Å². The van der Waals surface area contributed by atoms with Crippen LogP contribution in [-0.2, 0) is 0 Å². The van der Waals surface area contributed by atoms with Crippen LogP contribution in [0.4, 0.5) is 0 Å². The zero-order valence-electron chi connectivity index (χ0n) is 9.42. The van der Waals surface area contributed by atoms with E-state index >= 15 is 0 Å². The fraction of sp³-hybridized carbons (Fsp3) is 0.364. The molecular weight excluding hydrogens is 300 g/mol. The molecule has 6 heteroatoms. The Morgan fingerprint density at radius 3 is 3.12 bits per heavy atom. The van der Waals surface area contributed by atoms with Crippen LogP contribution in [0.5, 0.6) is 0 Å².